The number of alkyl halides is 3. The van der Waals surface area contributed by atoms with Crippen molar-refractivity contribution in [3.8, 4) is 5.75 Å². The summed E-state index contributed by atoms with van der Waals surface area (Å²) in [6.07, 6.45) is -5.48. The number of phenolic OH excluding ortho intramolecular Hbond substituents is 1. The van der Waals surface area contributed by atoms with E-state index in [4.69, 9.17) is 5.11 Å². The second-order valence-corrected chi connectivity index (χ2v) is 6.27. The highest BCUT2D eigenvalue weighted by Gasteiger charge is 2.27. The van der Waals surface area contributed by atoms with E-state index in [1.54, 1.807) is 12.1 Å². The quantitative estimate of drug-likeness (QED) is 0.811. The van der Waals surface area contributed by atoms with Gasteiger partial charge in [0.2, 0.25) is 10.0 Å². The van der Waals surface area contributed by atoms with Gasteiger partial charge in [-0.3, -0.25) is 0 Å². The zero-order valence-corrected chi connectivity index (χ0v) is 11.5. The fourth-order valence-electron chi connectivity index (χ4n) is 1.55. The van der Waals surface area contributed by atoms with Gasteiger partial charge in [-0.25, -0.2) is 13.1 Å². The maximum Gasteiger partial charge on any atom is 0.389 e. The highest BCUT2D eigenvalue weighted by atomic mass is 32.2. The first-order valence-electron chi connectivity index (χ1n) is 6.00. The van der Waals surface area contributed by atoms with Crippen LogP contribution in [0.4, 0.5) is 13.2 Å². The number of benzene rings is 1. The Morgan fingerprint density at radius 2 is 1.75 bits per heavy atom. The lowest BCUT2D eigenvalue weighted by molar-refractivity contribution is -0.134. The van der Waals surface area contributed by atoms with Gasteiger partial charge in [0.25, 0.3) is 0 Å². The first kappa shape index (κ1) is 16.8. The molecule has 20 heavy (non-hydrogen) atoms. The Kier molecular flexibility index (Phi) is 5.82. The molecule has 0 aromatic heterocycles. The van der Waals surface area contributed by atoms with Crippen molar-refractivity contribution in [1.29, 1.82) is 0 Å². The Labute approximate surface area is 115 Å². The van der Waals surface area contributed by atoms with Gasteiger partial charge in [-0.2, -0.15) is 13.2 Å². The Bertz CT molecular complexity index is 512. The molecular weight excluding hydrogens is 295 g/mol. The summed E-state index contributed by atoms with van der Waals surface area (Å²) in [7, 11) is -3.68. The highest BCUT2D eigenvalue weighted by molar-refractivity contribution is 7.89. The van der Waals surface area contributed by atoms with Crippen molar-refractivity contribution >= 4 is 10.0 Å². The first-order chi connectivity index (χ1) is 9.18. The molecule has 4 nitrogen and oxygen atoms in total. The van der Waals surface area contributed by atoms with E-state index in [0.29, 0.717) is 6.42 Å². The van der Waals surface area contributed by atoms with Crippen LogP contribution in [0.3, 0.4) is 0 Å². The molecule has 0 amide bonds. The normalized spacial score (nSPS) is 12.6. The number of nitrogens with one attached hydrogen (secondary N) is 1. The van der Waals surface area contributed by atoms with Gasteiger partial charge in [0.1, 0.15) is 5.75 Å². The van der Waals surface area contributed by atoms with Crippen molar-refractivity contribution in [2.24, 2.45) is 0 Å². The van der Waals surface area contributed by atoms with Crippen LogP contribution in [0.2, 0.25) is 0 Å². The van der Waals surface area contributed by atoms with Crippen molar-refractivity contribution in [3.63, 3.8) is 0 Å². The topological polar surface area (TPSA) is 66.4 Å². The third kappa shape index (κ3) is 7.34. The third-order valence-electron chi connectivity index (χ3n) is 2.55. The molecule has 0 aliphatic heterocycles. The molecule has 1 aromatic carbocycles. The number of hydrogen-bond donors (Lipinski definition) is 2. The predicted octanol–water partition coefficient (Wildman–Crippen LogP) is 2.20. The Hall–Kier alpha value is -1.28. The van der Waals surface area contributed by atoms with Gasteiger partial charge in [0.15, 0.2) is 0 Å². The number of sulfonamides is 1. The van der Waals surface area contributed by atoms with Crippen LogP contribution in [-0.4, -0.2) is 32.0 Å². The molecule has 0 aliphatic rings. The molecule has 0 bridgehead atoms. The zero-order chi connectivity index (χ0) is 15.2. The monoisotopic (exact) mass is 311 g/mol. The first-order valence-corrected chi connectivity index (χ1v) is 7.65. The lowest BCUT2D eigenvalue weighted by Gasteiger charge is -2.08. The van der Waals surface area contributed by atoms with Crippen molar-refractivity contribution in [2.75, 3.05) is 12.3 Å². The Morgan fingerprint density at radius 1 is 1.15 bits per heavy atom. The molecule has 0 aliphatic carbocycles. The summed E-state index contributed by atoms with van der Waals surface area (Å²) in [6, 6.07) is 6.25. The average Bonchev–Trinajstić information content (AvgIpc) is 2.29. The van der Waals surface area contributed by atoms with Crippen LogP contribution in [-0.2, 0) is 16.4 Å². The average molecular weight is 311 g/mol. The lowest BCUT2D eigenvalue weighted by atomic mass is 10.1. The minimum Gasteiger partial charge on any atom is -0.508 e. The Balaban J connectivity index is 2.31. The van der Waals surface area contributed by atoms with Gasteiger partial charge in [0, 0.05) is 13.0 Å². The van der Waals surface area contributed by atoms with Crippen LogP contribution in [0.5, 0.6) is 5.75 Å². The molecule has 2 N–H and O–H groups in total. The summed E-state index contributed by atoms with van der Waals surface area (Å²) >= 11 is 0. The van der Waals surface area contributed by atoms with E-state index < -0.39 is 34.8 Å². The van der Waals surface area contributed by atoms with E-state index in [0.717, 1.165) is 5.56 Å². The van der Waals surface area contributed by atoms with Gasteiger partial charge in [0.05, 0.1) is 5.75 Å². The molecule has 1 rings (SSSR count). The summed E-state index contributed by atoms with van der Waals surface area (Å²) < 4.78 is 60.8. The molecule has 0 unspecified atom stereocenters. The van der Waals surface area contributed by atoms with Crippen LogP contribution < -0.4 is 4.72 Å². The standard InChI is InChI=1S/C12H16F3NO3S/c13-12(14,15)7-1-9-20(18,19)16-8-6-10-2-4-11(17)5-3-10/h2-5,16-17H,1,6-9H2. The maximum absolute atomic E-state index is 11.9. The fourth-order valence-corrected chi connectivity index (χ4v) is 2.63. The van der Waals surface area contributed by atoms with Crippen molar-refractivity contribution in [3.05, 3.63) is 29.8 Å². The third-order valence-corrected chi connectivity index (χ3v) is 4.02. The Morgan fingerprint density at radius 3 is 2.30 bits per heavy atom. The largest absolute Gasteiger partial charge is 0.508 e. The van der Waals surface area contributed by atoms with Gasteiger partial charge in [-0.05, 0) is 30.5 Å². The zero-order valence-electron chi connectivity index (χ0n) is 10.7. The predicted molar refractivity (Wildman–Crippen MR) is 68.9 cm³/mol. The van der Waals surface area contributed by atoms with Crippen molar-refractivity contribution in [1.82, 2.24) is 4.72 Å². The minimum atomic E-state index is -4.33. The van der Waals surface area contributed by atoms with Gasteiger partial charge in [-0.1, -0.05) is 12.1 Å². The molecule has 0 radical (unpaired) electrons. The summed E-state index contributed by atoms with van der Waals surface area (Å²) in [6.45, 7) is 0.110. The number of phenols is 1. The second-order valence-electron chi connectivity index (χ2n) is 4.35. The second kappa shape index (κ2) is 6.94. The molecule has 0 fully saturated rings. The maximum atomic E-state index is 11.9. The molecule has 0 spiro atoms. The smallest absolute Gasteiger partial charge is 0.389 e. The number of hydrogen-bond acceptors (Lipinski definition) is 3. The SMILES string of the molecule is O=S(=O)(CCCC(F)(F)F)NCCc1ccc(O)cc1. The van der Waals surface area contributed by atoms with Crippen LogP contribution >= 0.6 is 0 Å². The fraction of sp³-hybridized carbons (Fsp3) is 0.500. The molecular formula is C12H16F3NO3S. The number of rotatable bonds is 7. The molecule has 0 saturated heterocycles. The lowest BCUT2D eigenvalue weighted by Crippen LogP contribution is -2.29. The van der Waals surface area contributed by atoms with Crippen LogP contribution in [0.15, 0.2) is 24.3 Å². The van der Waals surface area contributed by atoms with Crippen molar-refractivity contribution < 1.29 is 26.7 Å². The van der Waals surface area contributed by atoms with Gasteiger partial charge >= 0.3 is 6.18 Å². The molecule has 114 valence electrons. The summed E-state index contributed by atoms with van der Waals surface area (Å²) in [5.41, 5.74) is 0.820. The van der Waals surface area contributed by atoms with Crippen LogP contribution in [0, 0.1) is 0 Å². The molecule has 1 aromatic rings. The van der Waals surface area contributed by atoms with E-state index in [1.165, 1.54) is 12.1 Å². The van der Waals surface area contributed by atoms with Crippen LogP contribution in [0.1, 0.15) is 18.4 Å². The number of halogens is 3. The van der Waals surface area contributed by atoms with Crippen molar-refractivity contribution in [2.45, 2.75) is 25.4 Å². The van der Waals surface area contributed by atoms with Crippen LogP contribution in [0.25, 0.3) is 0 Å². The van der Waals surface area contributed by atoms with E-state index in [1.807, 2.05) is 0 Å². The van der Waals surface area contributed by atoms with Gasteiger partial charge < -0.3 is 5.11 Å². The molecule has 8 heteroatoms. The summed E-state index contributed by atoms with van der Waals surface area (Å²) in [5.74, 6) is -0.427. The van der Waals surface area contributed by atoms with E-state index in [2.05, 4.69) is 4.72 Å². The number of aromatic hydroxyl groups is 1. The van der Waals surface area contributed by atoms with E-state index in [-0.39, 0.29) is 12.3 Å². The highest BCUT2D eigenvalue weighted by Crippen LogP contribution is 2.21. The molecule has 0 heterocycles. The summed E-state index contributed by atoms with van der Waals surface area (Å²) in [5, 5.41) is 9.07. The van der Waals surface area contributed by atoms with E-state index in [9.17, 15) is 21.6 Å². The van der Waals surface area contributed by atoms with Gasteiger partial charge in [-0.15, -0.1) is 0 Å². The minimum absolute atomic E-state index is 0.110. The van der Waals surface area contributed by atoms with E-state index >= 15 is 0 Å². The molecule has 0 saturated carbocycles. The molecule has 0 atom stereocenters. The summed E-state index contributed by atoms with van der Waals surface area (Å²) in [4.78, 5) is 0.